The molecule has 2 fully saturated rings. The number of aromatic nitrogens is 1. The van der Waals surface area contributed by atoms with Gasteiger partial charge in [-0.15, -0.1) is 0 Å². The lowest BCUT2D eigenvalue weighted by molar-refractivity contribution is -0.137. The molecule has 0 aromatic carbocycles. The van der Waals surface area contributed by atoms with Crippen LogP contribution < -0.4 is 4.90 Å². The van der Waals surface area contributed by atoms with Gasteiger partial charge in [-0.3, -0.25) is 4.90 Å². The fraction of sp³-hybridized carbons (Fsp3) is 0.688. The number of anilines is 1. The molecule has 1 aliphatic carbocycles. The van der Waals surface area contributed by atoms with Crippen LogP contribution in [-0.2, 0) is 6.18 Å². The van der Waals surface area contributed by atoms with Crippen LogP contribution in [0.3, 0.4) is 0 Å². The molecule has 0 amide bonds. The highest BCUT2D eigenvalue weighted by atomic mass is 19.4. The molecule has 22 heavy (non-hydrogen) atoms. The second-order valence-electron chi connectivity index (χ2n) is 6.22. The fourth-order valence-corrected chi connectivity index (χ4v) is 3.50. The summed E-state index contributed by atoms with van der Waals surface area (Å²) in [4.78, 5) is 8.62. The van der Waals surface area contributed by atoms with E-state index in [1.165, 1.54) is 38.2 Å². The summed E-state index contributed by atoms with van der Waals surface area (Å²) in [6.45, 7) is 3.64. The Labute approximate surface area is 129 Å². The van der Waals surface area contributed by atoms with Crippen LogP contribution in [0, 0.1) is 0 Å². The van der Waals surface area contributed by atoms with Crippen LogP contribution in [0.2, 0.25) is 0 Å². The number of piperazine rings is 1. The van der Waals surface area contributed by atoms with E-state index in [0.29, 0.717) is 11.9 Å². The molecule has 3 rings (SSSR count). The SMILES string of the molecule is FC(F)(F)c1ccc(N2CCN(C3CCCCC3)CC2)nc1. The zero-order valence-electron chi connectivity index (χ0n) is 12.6. The van der Waals surface area contributed by atoms with E-state index >= 15 is 0 Å². The van der Waals surface area contributed by atoms with E-state index in [2.05, 4.69) is 14.8 Å². The van der Waals surface area contributed by atoms with Gasteiger partial charge >= 0.3 is 6.18 Å². The first-order valence-corrected chi connectivity index (χ1v) is 8.06. The molecule has 0 spiro atoms. The molecule has 6 heteroatoms. The van der Waals surface area contributed by atoms with Crippen molar-refractivity contribution >= 4 is 5.82 Å². The third kappa shape index (κ3) is 3.54. The fourth-order valence-electron chi connectivity index (χ4n) is 3.50. The number of alkyl halides is 3. The molecule has 3 nitrogen and oxygen atoms in total. The quantitative estimate of drug-likeness (QED) is 0.832. The lowest BCUT2D eigenvalue weighted by atomic mass is 9.94. The number of rotatable bonds is 2. The molecule has 1 aliphatic heterocycles. The maximum absolute atomic E-state index is 12.6. The number of pyridine rings is 1. The van der Waals surface area contributed by atoms with E-state index in [1.54, 1.807) is 0 Å². The van der Waals surface area contributed by atoms with Gasteiger partial charge < -0.3 is 4.90 Å². The Hall–Kier alpha value is -1.30. The Bertz CT molecular complexity index is 472. The van der Waals surface area contributed by atoms with Crippen molar-refractivity contribution in [2.24, 2.45) is 0 Å². The normalized spacial score (nSPS) is 22.0. The first kappa shape index (κ1) is 15.6. The Morgan fingerprint density at radius 1 is 0.955 bits per heavy atom. The summed E-state index contributed by atoms with van der Waals surface area (Å²) in [5, 5.41) is 0. The summed E-state index contributed by atoms with van der Waals surface area (Å²) < 4.78 is 37.7. The van der Waals surface area contributed by atoms with Crippen molar-refractivity contribution in [2.75, 3.05) is 31.1 Å². The molecule has 0 bridgehead atoms. The van der Waals surface area contributed by atoms with Gasteiger partial charge in [0.25, 0.3) is 0 Å². The van der Waals surface area contributed by atoms with E-state index in [9.17, 15) is 13.2 Å². The van der Waals surface area contributed by atoms with E-state index in [0.717, 1.165) is 38.4 Å². The van der Waals surface area contributed by atoms with Gasteiger partial charge in [0, 0.05) is 38.4 Å². The molecule has 1 aromatic heterocycles. The van der Waals surface area contributed by atoms with Gasteiger partial charge in [0.2, 0.25) is 0 Å². The second kappa shape index (κ2) is 6.44. The average molecular weight is 313 g/mol. The van der Waals surface area contributed by atoms with E-state index < -0.39 is 11.7 Å². The van der Waals surface area contributed by atoms with E-state index in [-0.39, 0.29) is 0 Å². The molecule has 2 heterocycles. The van der Waals surface area contributed by atoms with Gasteiger partial charge in [0.15, 0.2) is 0 Å². The van der Waals surface area contributed by atoms with Crippen molar-refractivity contribution in [3.8, 4) is 0 Å². The molecular formula is C16H22F3N3. The highest BCUT2D eigenvalue weighted by molar-refractivity contribution is 5.40. The van der Waals surface area contributed by atoms with Crippen molar-refractivity contribution in [2.45, 2.75) is 44.3 Å². The molecule has 0 atom stereocenters. The summed E-state index contributed by atoms with van der Waals surface area (Å²) >= 11 is 0. The van der Waals surface area contributed by atoms with Gasteiger partial charge in [0.05, 0.1) is 5.56 Å². The first-order chi connectivity index (χ1) is 10.5. The monoisotopic (exact) mass is 313 g/mol. The minimum atomic E-state index is -4.31. The summed E-state index contributed by atoms with van der Waals surface area (Å²) in [5.74, 6) is 0.649. The maximum Gasteiger partial charge on any atom is 0.417 e. The van der Waals surface area contributed by atoms with Gasteiger partial charge in [-0.25, -0.2) is 4.98 Å². The summed E-state index contributed by atoms with van der Waals surface area (Å²) in [6.07, 6.45) is 3.20. The van der Waals surface area contributed by atoms with Gasteiger partial charge in [-0.2, -0.15) is 13.2 Å². The molecular weight excluding hydrogens is 291 g/mol. The molecule has 2 aliphatic rings. The van der Waals surface area contributed by atoms with Crippen LogP contribution in [0.25, 0.3) is 0 Å². The molecule has 1 aromatic rings. The molecule has 0 unspecified atom stereocenters. The van der Waals surface area contributed by atoms with Gasteiger partial charge in [-0.05, 0) is 25.0 Å². The van der Waals surface area contributed by atoms with Crippen molar-refractivity contribution < 1.29 is 13.2 Å². The van der Waals surface area contributed by atoms with Gasteiger partial charge in [-0.1, -0.05) is 19.3 Å². The van der Waals surface area contributed by atoms with Crippen LogP contribution in [0.5, 0.6) is 0 Å². The first-order valence-electron chi connectivity index (χ1n) is 8.06. The summed E-state index contributed by atoms with van der Waals surface area (Å²) in [6, 6.07) is 3.31. The van der Waals surface area contributed by atoms with Crippen molar-refractivity contribution in [1.29, 1.82) is 0 Å². The molecule has 0 N–H and O–H groups in total. The largest absolute Gasteiger partial charge is 0.417 e. The van der Waals surface area contributed by atoms with Gasteiger partial charge in [0.1, 0.15) is 5.82 Å². The van der Waals surface area contributed by atoms with Crippen LogP contribution in [-0.4, -0.2) is 42.1 Å². The van der Waals surface area contributed by atoms with Crippen molar-refractivity contribution in [3.05, 3.63) is 23.9 Å². The molecule has 1 saturated heterocycles. The average Bonchev–Trinajstić information content (AvgIpc) is 2.55. The Kier molecular flexibility index (Phi) is 4.57. The maximum atomic E-state index is 12.6. The molecule has 1 saturated carbocycles. The zero-order valence-corrected chi connectivity index (χ0v) is 12.6. The van der Waals surface area contributed by atoms with Crippen molar-refractivity contribution in [1.82, 2.24) is 9.88 Å². The third-order valence-electron chi connectivity index (χ3n) is 4.80. The smallest absolute Gasteiger partial charge is 0.354 e. The number of halogens is 3. The van der Waals surface area contributed by atoms with Crippen LogP contribution in [0.1, 0.15) is 37.7 Å². The lowest BCUT2D eigenvalue weighted by Crippen LogP contribution is -2.51. The van der Waals surface area contributed by atoms with E-state index in [4.69, 9.17) is 0 Å². The summed E-state index contributed by atoms with van der Waals surface area (Å²) in [7, 11) is 0. The minimum absolute atomic E-state index is 0.649. The number of hydrogen-bond acceptors (Lipinski definition) is 3. The lowest BCUT2D eigenvalue weighted by Gasteiger charge is -2.41. The Morgan fingerprint density at radius 3 is 2.18 bits per heavy atom. The highest BCUT2D eigenvalue weighted by Crippen LogP contribution is 2.30. The van der Waals surface area contributed by atoms with Crippen molar-refractivity contribution in [3.63, 3.8) is 0 Å². The predicted octanol–water partition coefficient (Wildman–Crippen LogP) is 3.56. The van der Waals surface area contributed by atoms with Crippen LogP contribution in [0.4, 0.5) is 19.0 Å². The third-order valence-corrected chi connectivity index (χ3v) is 4.80. The highest BCUT2D eigenvalue weighted by Gasteiger charge is 2.31. The van der Waals surface area contributed by atoms with Crippen LogP contribution >= 0.6 is 0 Å². The molecule has 122 valence electrons. The summed E-state index contributed by atoms with van der Waals surface area (Å²) in [5.41, 5.74) is -0.683. The zero-order chi connectivity index (χ0) is 15.6. The topological polar surface area (TPSA) is 19.4 Å². The van der Waals surface area contributed by atoms with E-state index in [1.807, 2.05) is 0 Å². The minimum Gasteiger partial charge on any atom is -0.354 e. The standard InChI is InChI=1S/C16H22F3N3/c17-16(18,19)13-6-7-15(20-12-13)22-10-8-21(9-11-22)14-4-2-1-3-5-14/h6-7,12,14H,1-5,8-11H2. The number of nitrogens with zero attached hydrogens (tertiary/aromatic N) is 3. The Morgan fingerprint density at radius 2 is 1.64 bits per heavy atom. The number of hydrogen-bond donors (Lipinski definition) is 0. The molecule has 0 radical (unpaired) electrons. The second-order valence-corrected chi connectivity index (χ2v) is 6.22. The Balaban J connectivity index is 1.57. The van der Waals surface area contributed by atoms with Crippen LogP contribution in [0.15, 0.2) is 18.3 Å². The predicted molar refractivity (Wildman–Crippen MR) is 79.9 cm³/mol.